The first-order chi connectivity index (χ1) is 9.20. The standard InChI is InChI=1S/C14H25N5/c1-11-8-18-5-3-4-12(18)9-19(11)13(6-15)14-7-16-10-17(14)2/h7,10-13H,3-6,8-9,15H2,1-2H3. The van der Waals surface area contributed by atoms with Gasteiger partial charge in [-0.05, 0) is 26.3 Å². The van der Waals surface area contributed by atoms with Crippen LogP contribution in [0.1, 0.15) is 31.5 Å². The lowest BCUT2D eigenvalue weighted by molar-refractivity contribution is 0.0276. The highest BCUT2D eigenvalue weighted by atomic mass is 15.3. The number of fused-ring (bicyclic) bond motifs is 1. The Labute approximate surface area is 115 Å². The van der Waals surface area contributed by atoms with E-state index in [2.05, 4.69) is 33.3 Å². The Bertz CT molecular complexity index is 429. The molecule has 2 saturated heterocycles. The highest BCUT2D eigenvalue weighted by Crippen LogP contribution is 2.30. The molecule has 2 N–H and O–H groups in total. The van der Waals surface area contributed by atoms with E-state index in [1.165, 1.54) is 31.6 Å². The maximum atomic E-state index is 6.07. The third kappa shape index (κ3) is 2.30. The summed E-state index contributed by atoms with van der Waals surface area (Å²) in [5.74, 6) is 0. The fraction of sp³-hybridized carbons (Fsp3) is 0.786. The van der Waals surface area contributed by atoms with Crippen LogP contribution in [0, 0.1) is 0 Å². The summed E-state index contributed by atoms with van der Waals surface area (Å²) in [7, 11) is 2.06. The quantitative estimate of drug-likeness (QED) is 0.867. The number of aromatic nitrogens is 2. The molecule has 1 aromatic rings. The van der Waals surface area contributed by atoms with Crippen LogP contribution < -0.4 is 5.73 Å². The predicted molar refractivity (Wildman–Crippen MR) is 75.8 cm³/mol. The van der Waals surface area contributed by atoms with E-state index in [-0.39, 0.29) is 0 Å². The van der Waals surface area contributed by atoms with E-state index >= 15 is 0 Å². The van der Waals surface area contributed by atoms with Crippen molar-refractivity contribution in [3.8, 4) is 0 Å². The molecule has 19 heavy (non-hydrogen) atoms. The number of hydrogen-bond acceptors (Lipinski definition) is 4. The summed E-state index contributed by atoms with van der Waals surface area (Å²) >= 11 is 0. The van der Waals surface area contributed by atoms with Crippen molar-refractivity contribution in [3.63, 3.8) is 0 Å². The summed E-state index contributed by atoms with van der Waals surface area (Å²) < 4.78 is 2.10. The van der Waals surface area contributed by atoms with Crippen LogP contribution in [0.2, 0.25) is 0 Å². The molecule has 0 bridgehead atoms. The van der Waals surface area contributed by atoms with Crippen molar-refractivity contribution < 1.29 is 0 Å². The zero-order valence-corrected chi connectivity index (χ0v) is 12.0. The highest BCUT2D eigenvalue weighted by molar-refractivity contribution is 5.08. The lowest BCUT2D eigenvalue weighted by Gasteiger charge is -2.45. The summed E-state index contributed by atoms with van der Waals surface area (Å²) in [5.41, 5.74) is 7.30. The first-order valence-electron chi connectivity index (χ1n) is 7.36. The second-order valence-corrected chi connectivity index (χ2v) is 6.02. The van der Waals surface area contributed by atoms with E-state index in [1.807, 2.05) is 12.5 Å². The smallest absolute Gasteiger partial charge is 0.0946 e. The normalized spacial score (nSPS) is 30.5. The molecular formula is C14H25N5. The van der Waals surface area contributed by atoms with Gasteiger partial charge in [0.05, 0.1) is 18.1 Å². The fourth-order valence-electron chi connectivity index (χ4n) is 3.76. The molecule has 0 spiro atoms. The molecule has 1 aromatic heterocycles. The van der Waals surface area contributed by atoms with E-state index in [0.717, 1.165) is 12.6 Å². The molecule has 3 heterocycles. The van der Waals surface area contributed by atoms with E-state index in [0.29, 0.717) is 18.6 Å². The van der Waals surface area contributed by atoms with Crippen molar-refractivity contribution in [2.24, 2.45) is 12.8 Å². The molecule has 2 fully saturated rings. The van der Waals surface area contributed by atoms with Crippen molar-refractivity contribution in [1.29, 1.82) is 0 Å². The molecule has 3 atom stereocenters. The van der Waals surface area contributed by atoms with Gasteiger partial charge in [-0.3, -0.25) is 9.80 Å². The van der Waals surface area contributed by atoms with Crippen molar-refractivity contribution in [2.45, 2.75) is 37.9 Å². The summed E-state index contributed by atoms with van der Waals surface area (Å²) in [6, 6.07) is 1.60. The fourth-order valence-corrected chi connectivity index (χ4v) is 3.76. The molecule has 5 nitrogen and oxygen atoms in total. The first kappa shape index (κ1) is 13.1. The monoisotopic (exact) mass is 263 g/mol. The van der Waals surface area contributed by atoms with Gasteiger partial charge in [0.25, 0.3) is 0 Å². The zero-order chi connectivity index (χ0) is 13.4. The van der Waals surface area contributed by atoms with Gasteiger partial charge >= 0.3 is 0 Å². The van der Waals surface area contributed by atoms with Crippen LogP contribution in [0.25, 0.3) is 0 Å². The van der Waals surface area contributed by atoms with Gasteiger partial charge in [0.2, 0.25) is 0 Å². The number of imidazole rings is 1. The molecule has 3 rings (SSSR count). The predicted octanol–water partition coefficient (Wildman–Crippen LogP) is 0.588. The van der Waals surface area contributed by atoms with Crippen LogP contribution >= 0.6 is 0 Å². The van der Waals surface area contributed by atoms with Gasteiger partial charge in [0.1, 0.15) is 0 Å². The van der Waals surface area contributed by atoms with Crippen molar-refractivity contribution in [1.82, 2.24) is 19.4 Å². The zero-order valence-electron chi connectivity index (χ0n) is 12.0. The SMILES string of the molecule is CC1CN2CCCC2CN1C(CN)c1cncn1C. The average Bonchev–Trinajstić information content (AvgIpc) is 3.00. The molecule has 106 valence electrons. The third-order valence-electron chi connectivity index (χ3n) is 4.80. The molecule has 2 aliphatic rings. The molecular weight excluding hydrogens is 238 g/mol. The van der Waals surface area contributed by atoms with E-state index in [1.54, 1.807) is 0 Å². The van der Waals surface area contributed by atoms with Gasteiger partial charge in [0, 0.05) is 45.0 Å². The minimum atomic E-state index is 0.297. The summed E-state index contributed by atoms with van der Waals surface area (Å²) in [4.78, 5) is 9.48. The number of rotatable bonds is 3. The van der Waals surface area contributed by atoms with Gasteiger partial charge in [0.15, 0.2) is 0 Å². The van der Waals surface area contributed by atoms with Gasteiger partial charge < -0.3 is 10.3 Å². The number of aryl methyl sites for hydroxylation is 1. The second-order valence-electron chi connectivity index (χ2n) is 6.02. The van der Waals surface area contributed by atoms with E-state index < -0.39 is 0 Å². The Hall–Kier alpha value is -0.910. The van der Waals surface area contributed by atoms with E-state index in [9.17, 15) is 0 Å². The van der Waals surface area contributed by atoms with Crippen molar-refractivity contribution in [2.75, 3.05) is 26.2 Å². The van der Waals surface area contributed by atoms with Gasteiger partial charge in [-0.25, -0.2) is 4.98 Å². The van der Waals surface area contributed by atoms with Crippen LogP contribution in [0.15, 0.2) is 12.5 Å². The Balaban J connectivity index is 1.81. The Morgan fingerprint density at radius 2 is 2.32 bits per heavy atom. The summed E-state index contributed by atoms with van der Waals surface area (Å²) in [5, 5.41) is 0. The number of nitrogens with two attached hydrogens (primary N) is 1. The van der Waals surface area contributed by atoms with Crippen LogP contribution in [-0.4, -0.2) is 57.6 Å². The molecule has 0 saturated carbocycles. The first-order valence-corrected chi connectivity index (χ1v) is 7.36. The maximum absolute atomic E-state index is 6.07. The molecule has 2 aliphatic heterocycles. The van der Waals surface area contributed by atoms with Crippen LogP contribution in [0.4, 0.5) is 0 Å². The lowest BCUT2D eigenvalue weighted by atomic mass is 10.0. The van der Waals surface area contributed by atoms with E-state index in [4.69, 9.17) is 5.73 Å². The molecule has 5 heteroatoms. The molecule has 0 radical (unpaired) electrons. The summed E-state index contributed by atoms with van der Waals surface area (Å²) in [6.45, 7) is 6.60. The molecule has 0 aromatic carbocycles. The lowest BCUT2D eigenvalue weighted by Crippen LogP contribution is -2.56. The summed E-state index contributed by atoms with van der Waals surface area (Å²) in [6.07, 6.45) is 6.52. The van der Waals surface area contributed by atoms with Gasteiger partial charge in [-0.1, -0.05) is 0 Å². The Morgan fingerprint density at radius 1 is 1.47 bits per heavy atom. The van der Waals surface area contributed by atoms with Gasteiger partial charge in [-0.2, -0.15) is 0 Å². The number of hydrogen-bond donors (Lipinski definition) is 1. The van der Waals surface area contributed by atoms with Crippen LogP contribution in [-0.2, 0) is 7.05 Å². The van der Waals surface area contributed by atoms with Crippen molar-refractivity contribution in [3.05, 3.63) is 18.2 Å². The Kier molecular flexibility index (Phi) is 3.60. The third-order valence-corrected chi connectivity index (χ3v) is 4.80. The average molecular weight is 263 g/mol. The van der Waals surface area contributed by atoms with Gasteiger partial charge in [-0.15, -0.1) is 0 Å². The van der Waals surface area contributed by atoms with Crippen molar-refractivity contribution >= 4 is 0 Å². The van der Waals surface area contributed by atoms with Crippen LogP contribution in [0.3, 0.4) is 0 Å². The number of nitrogens with zero attached hydrogens (tertiary/aromatic N) is 4. The maximum Gasteiger partial charge on any atom is 0.0946 e. The molecule has 0 amide bonds. The minimum absolute atomic E-state index is 0.297. The minimum Gasteiger partial charge on any atom is -0.336 e. The van der Waals surface area contributed by atoms with Crippen LogP contribution in [0.5, 0.6) is 0 Å². The number of piperazine rings is 1. The Morgan fingerprint density at radius 3 is 3.00 bits per heavy atom. The highest BCUT2D eigenvalue weighted by Gasteiger charge is 2.37. The molecule has 3 unspecified atom stereocenters. The largest absolute Gasteiger partial charge is 0.336 e. The molecule has 0 aliphatic carbocycles. The topological polar surface area (TPSA) is 50.3 Å². The second kappa shape index (κ2) is 5.23.